The molecule has 0 atom stereocenters. The van der Waals surface area contributed by atoms with Gasteiger partial charge in [-0.15, -0.1) is 16.4 Å². The molecule has 3 heterocycles. The summed E-state index contributed by atoms with van der Waals surface area (Å²) in [6.07, 6.45) is 4.74. The Bertz CT molecular complexity index is 717. The fourth-order valence-electron chi connectivity index (χ4n) is 1.65. The van der Waals surface area contributed by atoms with Gasteiger partial charge in [-0.25, -0.2) is 14.5 Å². The molecule has 3 rings (SSSR count). The highest BCUT2D eigenvalue weighted by Gasteiger charge is 2.14. The van der Waals surface area contributed by atoms with E-state index >= 15 is 0 Å². The first-order valence-corrected chi connectivity index (χ1v) is 6.60. The summed E-state index contributed by atoms with van der Waals surface area (Å²) in [7, 11) is 1.33. The van der Waals surface area contributed by atoms with Gasteiger partial charge in [-0.2, -0.15) is 0 Å². The topological polar surface area (TPSA) is 83.0 Å². The van der Waals surface area contributed by atoms with Crippen molar-refractivity contribution in [2.75, 3.05) is 7.11 Å². The van der Waals surface area contributed by atoms with Crippen molar-refractivity contribution < 1.29 is 13.9 Å². The Hall–Kier alpha value is -2.48. The van der Waals surface area contributed by atoms with Crippen LogP contribution < -0.4 is 0 Å². The summed E-state index contributed by atoms with van der Waals surface area (Å²) in [4.78, 5) is 15.8. The highest BCUT2D eigenvalue weighted by Crippen LogP contribution is 2.24. The average Bonchev–Trinajstić information content (AvgIpc) is 3.18. The third-order valence-electron chi connectivity index (χ3n) is 2.59. The van der Waals surface area contributed by atoms with Crippen molar-refractivity contribution in [3.63, 3.8) is 0 Å². The van der Waals surface area contributed by atoms with E-state index < -0.39 is 5.97 Å². The number of methoxy groups -OCH3 is 1. The lowest BCUT2D eigenvalue weighted by Crippen LogP contribution is -1.99. The minimum atomic E-state index is -0.432. The zero-order valence-corrected chi connectivity index (χ0v) is 11.3. The lowest BCUT2D eigenvalue weighted by Gasteiger charge is -1.94. The van der Waals surface area contributed by atoms with E-state index in [1.54, 1.807) is 23.1 Å². The molecule has 0 aliphatic heterocycles. The first-order valence-electron chi connectivity index (χ1n) is 5.72. The zero-order valence-electron chi connectivity index (χ0n) is 10.5. The van der Waals surface area contributed by atoms with Crippen molar-refractivity contribution in [1.82, 2.24) is 20.0 Å². The van der Waals surface area contributed by atoms with Crippen LogP contribution in [0.1, 0.15) is 15.4 Å². The number of hydrogen-bond donors (Lipinski definition) is 0. The van der Waals surface area contributed by atoms with Gasteiger partial charge >= 0.3 is 5.97 Å². The number of carbonyl (C=O) groups is 1. The fourth-order valence-corrected chi connectivity index (χ4v) is 2.42. The standard InChI is InChI=1S/C12H10N4O3S/c1-18-12(17)8-4-10(19-6-8)9-7-20-11(14-9)5-16-3-2-13-15-16/h2-4,6-7H,5H2,1H3. The molecule has 7 nitrogen and oxygen atoms in total. The molecule has 0 aliphatic rings. The van der Waals surface area contributed by atoms with Gasteiger partial charge in [0.2, 0.25) is 0 Å². The van der Waals surface area contributed by atoms with Crippen LogP contribution in [-0.2, 0) is 11.3 Å². The molecular formula is C12H10N4O3S. The summed E-state index contributed by atoms with van der Waals surface area (Å²) < 4.78 is 11.6. The molecule has 0 bridgehead atoms. The van der Waals surface area contributed by atoms with E-state index in [9.17, 15) is 4.79 Å². The van der Waals surface area contributed by atoms with Crippen LogP contribution in [0.4, 0.5) is 0 Å². The quantitative estimate of drug-likeness (QED) is 0.682. The van der Waals surface area contributed by atoms with Gasteiger partial charge in [0.1, 0.15) is 17.0 Å². The summed E-state index contributed by atoms with van der Waals surface area (Å²) in [6, 6.07) is 1.61. The molecule has 0 amide bonds. The molecule has 0 radical (unpaired) electrons. The highest BCUT2D eigenvalue weighted by molar-refractivity contribution is 7.09. The van der Waals surface area contributed by atoms with Gasteiger partial charge in [-0.1, -0.05) is 5.21 Å². The van der Waals surface area contributed by atoms with Gasteiger partial charge in [0.05, 0.1) is 25.4 Å². The zero-order chi connectivity index (χ0) is 13.9. The molecule has 0 spiro atoms. The summed E-state index contributed by atoms with van der Waals surface area (Å²) >= 11 is 1.49. The number of rotatable bonds is 4. The first kappa shape index (κ1) is 12.5. The Morgan fingerprint density at radius 2 is 2.45 bits per heavy atom. The molecule has 8 heteroatoms. The SMILES string of the molecule is COC(=O)c1coc(-c2csc(Cn3ccnn3)n2)c1. The van der Waals surface area contributed by atoms with E-state index in [0.717, 1.165) is 5.01 Å². The predicted molar refractivity (Wildman–Crippen MR) is 70.3 cm³/mol. The average molecular weight is 290 g/mol. The van der Waals surface area contributed by atoms with Crippen LogP contribution in [0.2, 0.25) is 0 Å². The summed E-state index contributed by atoms with van der Waals surface area (Å²) in [5, 5.41) is 10.4. The van der Waals surface area contributed by atoms with Crippen LogP contribution >= 0.6 is 11.3 Å². The molecule has 0 unspecified atom stereocenters. The maximum Gasteiger partial charge on any atom is 0.341 e. The number of ether oxygens (including phenoxy) is 1. The Kier molecular flexibility index (Phi) is 3.30. The molecular weight excluding hydrogens is 280 g/mol. The van der Waals surface area contributed by atoms with Gasteiger partial charge in [0.15, 0.2) is 5.76 Å². The molecule has 3 aromatic heterocycles. The highest BCUT2D eigenvalue weighted by atomic mass is 32.1. The Labute approximate surface area is 117 Å². The maximum atomic E-state index is 11.4. The predicted octanol–water partition coefficient (Wildman–Crippen LogP) is 1.83. The second kappa shape index (κ2) is 5.25. The number of thiazole rings is 1. The van der Waals surface area contributed by atoms with Crippen molar-refractivity contribution in [1.29, 1.82) is 0 Å². The smallest absolute Gasteiger partial charge is 0.341 e. The van der Waals surface area contributed by atoms with Crippen LogP contribution in [0, 0.1) is 0 Å². The number of carbonyl (C=O) groups excluding carboxylic acids is 1. The van der Waals surface area contributed by atoms with Crippen molar-refractivity contribution in [2.24, 2.45) is 0 Å². The molecule has 0 saturated heterocycles. The summed E-state index contributed by atoms with van der Waals surface area (Å²) in [5.41, 5.74) is 1.05. The molecule has 0 aliphatic carbocycles. The fraction of sp³-hybridized carbons (Fsp3) is 0.167. The minimum absolute atomic E-state index is 0.369. The van der Waals surface area contributed by atoms with Gasteiger partial charge in [-0.05, 0) is 0 Å². The van der Waals surface area contributed by atoms with Crippen LogP contribution in [0.5, 0.6) is 0 Å². The molecule has 102 valence electrons. The van der Waals surface area contributed by atoms with E-state index in [1.807, 2.05) is 5.38 Å². The van der Waals surface area contributed by atoms with Crippen molar-refractivity contribution in [2.45, 2.75) is 6.54 Å². The van der Waals surface area contributed by atoms with Crippen molar-refractivity contribution >= 4 is 17.3 Å². The number of furan rings is 1. The lowest BCUT2D eigenvalue weighted by molar-refractivity contribution is 0.0600. The number of esters is 1. The van der Waals surface area contributed by atoms with Crippen molar-refractivity contribution in [3.05, 3.63) is 40.7 Å². The van der Waals surface area contributed by atoms with E-state index in [0.29, 0.717) is 23.6 Å². The third kappa shape index (κ3) is 2.45. The molecule has 3 aromatic rings. The van der Waals surface area contributed by atoms with Crippen LogP contribution in [0.3, 0.4) is 0 Å². The second-order valence-electron chi connectivity index (χ2n) is 3.92. The largest absolute Gasteiger partial charge is 0.465 e. The maximum absolute atomic E-state index is 11.4. The monoisotopic (exact) mass is 290 g/mol. The Balaban J connectivity index is 1.79. The number of nitrogens with zero attached hydrogens (tertiary/aromatic N) is 4. The van der Waals surface area contributed by atoms with Crippen LogP contribution in [0.15, 0.2) is 34.5 Å². The molecule has 0 fully saturated rings. The molecule has 0 aromatic carbocycles. The summed E-state index contributed by atoms with van der Waals surface area (Å²) in [5.74, 6) is 0.101. The van der Waals surface area contributed by atoms with Gasteiger partial charge in [0, 0.05) is 17.6 Å². The first-order chi connectivity index (χ1) is 9.76. The van der Waals surface area contributed by atoms with E-state index in [-0.39, 0.29) is 0 Å². The normalized spacial score (nSPS) is 10.7. The Morgan fingerprint density at radius 1 is 1.55 bits per heavy atom. The van der Waals surface area contributed by atoms with E-state index in [1.165, 1.54) is 24.7 Å². The molecule has 20 heavy (non-hydrogen) atoms. The van der Waals surface area contributed by atoms with E-state index in [2.05, 4.69) is 20.0 Å². The van der Waals surface area contributed by atoms with Crippen LogP contribution in [-0.4, -0.2) is 33.1 Å². The van der Waals surface area contributed by atoms with Crippen molar-refractivity contribution in [3.8, 4) is 11.5 Å². The third-order valence-corrected chi connectivity index (χ3v) is 3.43. The number of aromatic nitrogens is 4. The Morgan fingerprint density at radius 3 is 3.20 bits per heavy atom. The van der Waals surface area contributed by atoms with Gasteiger partial charge in [0.25, 0.3) is 0 Å². The lowest BCUT2D eigenvalue weighted by atomic mass is 10.3. The second-order valence-corrected chi connectivity index (χ2v) is 4.86. The number of hydrogen-bond acceptors (Lipinski definition) is 7. The van der Waals surface area contributed by atoms with Crippen LogP contribution in [0.25, 0.3) is 11.5 Å². The van der Waals surface area contributed by atoms with Gasteiger partial charge < -0.3 is 9.15 Å². The molecule has 0 saturated carbocycles. The minimum Gasteiger partial charge on any atom is -0.465 e. The van der Waals surface area contributed by atoms with Gasteiger partial charge in [-0.3, -0.25) is 0 Å². The van der Waals surface area contributed by atoms with E-state index in [4.69, 9.17) is 4.42 Å². The summed E-state index contributed by atoms with van der Waals surface area (Å²) in [6.45, 7) is 0.551. The molecule has 0 N–H and O–H groups in total.